The molecule has 2 atom stereocenters. The number of aromatic nitrogens is 2. The topological polar surface area (TPSA) is 71.7 Å². The molecule has 4 rings (SSSR count). The number of piperazine rings is 1. The maximum atomic E-state index is 11.7. The molecule has 7 nitrogen and oxygen atoms in total. The van der Waals surface area contributed by atoms with Crippen LogP contribution in [0, 0.1) is 0 Å². The Morgan fingerprint density at radius 2 is 1.95 bits per heavy atom. The zero-order valence-corrected chi connectivity index (χ0v) is 12.9. The van der Waals surface area contributed by atoms with Gasteiger partial charge in [-0.1, -0.05) is 5.16 Å². The van der Waals surface area contributed by atoms with Crippen molar-refractivity contribution in [3.8, 4) is 0 Å². The summed E-state index contributed by atoms with van der Waals surface area (Å²) in [5, 5.41) is 4.10. The molecule has 3 fully saturated rings. The van der Waals surface area contributed by atoms with E-state index in [0.29, 0.717) is 12.5 Å². The first-order valence-electron chi connectivity index (χ1n) is 8.20. The Hall–Kier alpha value is -1.47. The van der Waals surface area contributed by atoms with E-state index in [2.05, 4.69) is 26.9 Å². The molecular weight excluding hydrogens is 284 g/mol. The maximum absolute atomic E-state index is 11.7. The number of hydrogen-bond donors (Lipinski definition) is 0. The predicted octanol–water partition coefficient (Wildman–Crippen LogP) is 0.941. The number of ether oxygens (including phenoxy) is 1. The Morgan fingerprint density at radius 1 is 1.18 bits per heavy atom. The molecule has 3 aliphatic rings. The van der Waals surface area contributed by atoms with Crippen molar-refractivity contribution in [1.29, 1.82) is 0 Å². The van der Waals surface area contributed by atoms with E-state index in [4.69, 9.17) is 9.26 Å². The molecule has 120 valence electrons. The van der Waals surface area contributed by atoms with Crippen molar-refractivity contribution in [2.24, 2.45) is 0 Å². The lowest BCUT2D eigenvalue weighted by atomic mass is 10.1. The van der Waals surface area contributed by atoms with Gasteiger partial charge in [0.1, 0.15) is 6.04 Å². The predicted molar refractivity (Wildman–Crippen MR) is 77.2 cm³/mol. The van der Waals surface area contributed by atoms with Gasteiger partial charge in [-0.25, -0.2) is 0 Å². The standard InChI is InChI=1S/C15H22N4O3/c1-10(14-16-13(17-22-14)11-2-3-11)18-5-7-19(8-6-18)12-4-9-21-15(12)20/h10-12H,2-9H2,1H3. The van der Waals surface area contributed by atoms with Gasteiger partial charge in [0.05, 0.1) is 12.6 Å². The van der Waals surface area contributed by atoms with Crippen molar-refractivity contribution in [1.82, 2.24) is 19.9 Å². The molecule has 0 spiro atoms. The molecule has 2 unspecified atom stereocenters. The highest BCUT2D eigenvalue weighted by Crippen LogP contribution is 2.38. The van der Waals surface area contributed by atoms with Crippen LogP contribution in [0.15, 0.2) is 4.52 Å². The van der Waals surface area contributed by atoms with Crippen molar-refractivity contribution in [3.05, 3.63) is 11.7 Å². The molecule has 7 heteroatoms. The highest BCUT2D eigenvalue weighted by atomic mass is 16.5. The summed E-state index contributed by atoms with van der Waals surface area (Å²) in [5.74, 6) is 2.05. The number of hydrogen-bond acceptors (Lipinski definition) is 7. The van der Waals surface area contributed by atoms with Crippen LogP contribution in [0.3, 0.4) is 0 Å². The van der Waals surface area contributed by atoms with Gasteiger partial charge in [-0.05, 0) is 19.8 Å². The zero-order chi connectivity index (χ0) is 15.1. The first-order valence-corrected chi connectivity index (χ1v) is 8.20. The average molecular weight is 306 g/mol. The second-order valence-electron chi connectivity index (χ2n) is 6.48. The summed E-state index contributed by atoms with van der Waals surface area (Å²) in [6.07, 6.45) is 3.19. The number of nitrogens with zero attached hydrogens (tertiary/aromatic N) is 4. The molecule has 1 aromatic heterocycles. The van der Waals surface area contributed by atoms with E-state index in [9.17, 15) is 4.79 Å². The molecule has 22 heavy (non-hydrogen) atoms. The number of carbonyl (C=O) groups excluding carboxylic acids is 1. The molecule has 3 heterocycles. The van der Waals surface area contributed by atoms with Crippen molar-refractivity contribution in [2.75, 3.05) is 32.8 Å². The van der Waals surface area contributed by atoms with E-state index in [0.717, 1.165) is 44.3 Å². The van der Waals surface area contributed by atoms with Gasteiger partial charge in [0.25, 0.3) is 0 Å². The molecule has 1 aromatic rings. The highest BCUT2D eigenvalue weighted by Gasteiger charge is 2.36. The average Bonchev–Trinajstić information content (AvgIpc) is 3.12. The van der Waals surface area contributed by atoms with E-state index in [1.165, 1.54) is 12.8 Å². The summed E-state index contributed by atoms with van der Waals surface area (Å²) >= 11 is 0. The van der Waals surface area contributed by atoms with Crippen molar-refractivity contribution >= 4 is 5.97 Å². The van der Waals surface area contributed by atoms with Gasteiger partial charge >= 0.3 is 5.97 Å². The molecule has 2 aliphatic heterocycles. The van der Waals surface area contributed by atoms with Crippen LogP contribution in [0.25, 0.3) is 0 Å². The third kappa shape index (κ3) is 2.63. The summed E-state index contributed by atoms with van der Waals surface area (Å²) in [7, 11) is 0. The fourth-order valence-electron chi connectivity index (χ4n) is 3.33. The van der Waals surface area contributed by atoms with Crippen LogP contribution in [0.4, 0.5) is 0 Å². The van der Waals surface area contributed by atoms with Gasteiger partial charge in [0, 0.05) is 38.5 Å². The number of rotatable bonds is 4. The van der Waals surface area contributed by atoms with Crippen LogP contribution in [0.5, 0.6) is 0 Å². The summed E-state index contributed by atoms with van der Waals surface area (Å²) < 4.78 is 10.5. The third-order valence-corrected chi connectivity index (χ3v) is 5.00. The maximum Gasteiger partial charge on any atom is 0.323 e. The van der Waals surface area contributed by atoms with Crippen LogP contribution < -0.4 is 0 Å². The first-order chi connectivity index (χ1) is 10.7. The van der Waals surface area contributed by atoms with E-state index in [1.807, 2.05) is 0 Å². The smallest absolute Gasteiger partial charge is 0.323 e. The molecule has 1 aliphatic carbocycles. The van der Waals surface area contributed by atoms with Crippen LogP contribution in [0.2, 0.25) is 0 Å². The lowest BCUT2D eigenvalue weighted by Crippen LogP contribution is -2.52. The van der Waals surface area contributed by atoms with E-state index in [-0.39, 0.29) is 18.1 Å². The highest BCUT2D eigenvalue weighted by molar-refractivity contribution is 5.77. The monoisotopic (exact) mass is 306 g/mol. The van der Waals surface area contributed by atoms with Gasteiger partial charge in [-0.3, -0.25) is 14.6 Å². The normalized spacial score (nSPS) is 28.8. The Labute approximate surface area is 129 Å². The second-order valence-corrected chi connectivity index (χ2v) is 6.48. The van der Waals surface area contributed by atoms with Crippen LogP contribution in [-0.2, 0) is 9.53 Å². The molecule has 0 N–H and O–H groups in total. The van der Waals surface area contributed by atoms with Crippen molar-refractivity contribution < 1.29 is 14.1 Å². The zero-order valence-electron chi connectivity index (χ0n) is 12.9. The number of carbonyl (C=O) groups is 1. The lowest BCUT2D eigenvalue weighted by Gasteiger charge is -2.38. The van der Waals surface area contributed by atoms with Crippen LogP contribution in [0.1, 0.15) is 49.9 Å². The Kier molecular flexibility index (Phi) is 3.62. The number of cyclic esters (lactones) is 1. The third-order valence-electron chi connectivity index (χ3n) is 5.00. The molecule has 0 amide bonds. The van der Waals surface area contributed by atoms with Gasteiger partial charge in [0.15, 0.2) is 5.82 Å². The van der Waals surface area contributed by atoms with E-state index in [1.54, 1.807) is 0 Å². The minimum absolute atomic E-state index is 0.0395. The summed E-state index contributed by atoms with van der Waals surface area (Å²) in [4.78, 5) is 20.8. The van der Waals surface area contributed by atoms with Gasteiger partial charge in [-0.15, -0.1) is 0 Å². The minimum Gasteiger partial charge on any atom is -0.464 e. The first kappa shape index (κ1) is 14.1. The summed E-state index contributed by atoms with van der Waals surface area (Å²) in [6.45, 7) is 6.26. The Bertz CT molecular complexity index is 549. The molecule has 0 radical (unpaired) electrons. The lowest BCUT2D eigenvalue weighted by molar-refractivity contribution is -0.143. The Balaban J connectivity index is 1.35. The van der Waals surface area contributed by atoms with Gasteiger partial charge in [0.2, 0.25) is 5.89 Å². The molecule has 2 saturated heterocycles. The molecule has 0 bridgehead atoms. The van der Waals surface area contributed by atoms with E-state index >= 15 is 0 Å². The second kappa shape index (κ2) is 5.62. The van der Waals surface area contributed by atoms with Crippen LogP contribution >= 0.6 is 0 Å². The Morgan fingerprint density at radius 3 is 2.59 bits per heavy atom. The molecular formula is C15H22N4O3. The number of esters is 1. The SMILES string of the molecule is CC(c1nc(C2CC2)no1)N1CCN(C2CCOC2=O)CC1. The van der Waals surface area contributed by atoms with E-state index < -0.39 is 0 Å². The summed E-state index contributed by atoms with van der Waals surface area (Å²) in [6, 6.07) is 0.0972. The quantitative estimate of drug-likeness (QED) is 0.767. The fraction of sp³-hybridized carbons (Fsp3) is 0.800. The summed E-state index contributed by atoms with van der Waals surface area (Å²) in [5.41, 5.74) is 0. The van der Waals surface area contributed by atoms with Gasteiger partial charge < -0.3 is 9.26 Å². The van der Waals surface area contributed by atoms with Crippen molar-refractivity contribution in [3.63, 3.8) is 0 Å². The molecule has 0 aromatic carbocycles. The largest absolute Gasteiger partial charge is 0.464 e. The van der Waals surface area contributed by atoms with Gasteiger partial charge in [-0.2, -0.15) is 4.98 Å². The van der Waals surface area contributed by atoms with Crippen LogP contribution in [-0.4, -0.2) is 64.7 Å². The minimum atomic E-state index is -0.0625. The fourth-order valence-corrected chi connectivity index (χ4v) is 3.33. The van der Waals surface area contributed by atoms with Crippen molar-refractivity contribution in [2.45, 2.75) is 44.2 Å². The molecule has 1 saturated carbocycles.